The number of methoxy groups -OCH3 is 1. The minimum absolute atomic E-state index is 0.383. The highest BCUT2D eigenvalue weighted by Gasteiger charge is 2.32. The molecule has 0 aliphatic heterocycles. The third kappa shape index (κ3) is 5.64. The number of allylic oxidation sites excluding steroid dienone is 1. The fourth-order valence-corrected chi connectivity index (χ4v) is 4.03. The average Bonchev–Trinajstić information content (AvgIpc) is 3.64. The zero-order valence-electron chi connectivity index (χ0n) is 19.5. The molecule has 1 N–H and O–H groups in total. The molecule has 1 saturated carbocycles. The van der Waals surface area contributed by atoms with E-state index in [1.165, 1.54) is 0 Å². The van der Waals surface area contributed by atoms with Crippen LogP contribution in [0.3, 0.4) is 0 Å². The molecule has 0 bridgehead atoms. The van der Waals surface area contributed by atoms with Crippen molar-refractivity contribution >= 4 is 0 Å². The molecule has 6 nitrogen and oxygen atoms in total. The molecule has 0 saturated heterocycles. The SMILES string of the molecule is C=CCC[C@H](O)CN(Cc1c(C)nn(-c2ccccc2)c1Oc1ccccc1OC)C1CC1. The second-order valence-electron chi connectivity index (χ2n) is 8.55. The van der Waals surface area contributed by atoms with Crippen LogP contribution in [0.15, 0.2) is 67.3 Å². The number of nitrogens with zero attached hydrogens (tertiary/aromatic N) is 3. The van der Waals surface area contributed by atoms with Gasteiger partial charge in [-0.05, 0) is 56.9 Å². The second-order valence-corrected chi connectivity index (χ2v) is 8.55. The van der Waals surface area contributed by atoms with Gasteiger partial charge in [-0.15, -0.1) is 6.58 Å². The molecule has 0 spiro atoms. The Bertz CT molecular complexity index is 1060. The first-order valence-electron chi connectivity index (χ1n) is 11.6. The Kier molecular flexibility index (Phi) is 7.47. The summed E-state index contributed by atoms with van der Waals surface area (Å²) in [5, 5.41) is 15.4. The Labute approximate surface area is 196 Å². The van der Waals surface area contributed by atoms with Crippen molar-refractivity contribution in [1.29, 1.82) is 0 Å². The van der Waals surface area contributed by atoms with Crippen molar-refractivity contribution < 1.29 is 14.6 Å². The summed E-state index contributed by atoms with van der Waals surface area (Å²) in [7, 11) is 1.64. The van der Waals surface area contributed by atoms with Gasteiger partial charge in [0.05, 0.1) is 30.2 Å². The normalized spacial score (nSPS) is 14.3. The molecular formula is C27H33N3O3. The number of para-hydroxylation sites is 3. The van der Waals surface area contributed by atoms with Crippen LogP contribution in [-0.4, -0.2) is 45.6 Å². The Balaban J connectivity index is 1.69. The van der Waals surface area contributed by atoms with Crippen LogP contribution in [0.25, 0.3) is 5.69 Å². The summed E-state index contributed by atoms with van der Waals surface area (Å²) in [6.45, 7) is 7.08. The minimum atomic E-state index is -0.383. The highest BCUT2D eigenvalue weighted by Crippen LogP contribution is 2.37. The van der Waals surface area contributed by atoms with E-state index in [2.05, 4.69) is 11.5 Å². The van der Waals surface area contributed by atoms with Crippen LogP contribution in [-0.2, 0) is 6.54 Å². The number of aryl methyl sites for hydroxylation is 1. The van der Waals surface area contributed by atoms with Crippen molar-refractivity contribution in [3.8, 4) is 23.1 Å². The van der Waals surface area contributed by atoms with E-state index >= 15 is 0 Å². The van der Waals surface area contributed by atoms with Crippen LogP contribution < -0.4 is 9.47 Å². The Morgan fingerprint density at radius 3 is 2.52 bits per heavy atom. The molecule has 1 fully saturated rings. The van der Waals surface area contributed by atoms with Crippen LogP contribution in [0.5, 0.6) is 17.4 Å². The standard InChI is InChI=1S/C27H33N3O3/c1-4-5-13-23(31)18-29(21-16-17-21)19-24-20(2)28-30(22-11-7-6-8-12-22)27(24)33-26-15-10-9-14-25(26)32-3/h4,6-12,14-15,21,23,31H,1,5,13,16-19H2,2-3H3/t23-/m0/s1. The van der Waals surface area contributed by atoms with Crippen LogP contribution >= 0.6 is 0 Å². The number of aliphatic hydroxyl groups is 1. The van der Waals surface area contributed by atoms with Crippen LogP contribution in [0.4, 0.5) is 0 Å². The third-order valence-corrected chi connectivity index (χ3v) is 5.99. The number of aromatic nitrogens is 2. The predicted molar refractivity (Wildman–Crippen MR) is 130 cm³/mol. The number of benzene rings is 2. The molecule has 1 aliphatic carbocycles. The van der Waals surface area contributed by atoms with Crippen LogP contribution in [0.1, 0.15) is 36.9 Å². The molecule has 2 aromatic carbocycles. The van der Waals surface area contributed by atoms with Gasteiger partial charge in [-0.1, -0.05) is 36.4 Å². The first-order chi connectivity index (χ1) is 16.1. The minimum Gasteiger partial charge on any atom is -0.493 e. The molecule has 0 unspecified atom stereocenters. The van der Waals surface area contributed by atoms with Gasteiger partial charge in [0, 0.05) is 19.1 Å². The summed E-state index contributed by atoms with van der Waals surface area (Å²) < 4.78 is 13.9. The summed E-state index contributed by atoms with van der Waals surface area (Å²) >= 11 is 0. The molecule has 33 heavy (non-hydrogen) atoms. The molecule has 6 heteroatoms. The lowest BCUT2D eigenvalue weighted by Crippen LogP contribution is -2.34. The van der Waals surface area contributed by atoms with Gasteiger partial charge in [0.1, 0.15) is 0 Å². The first-order valence-corrected chi connectivity index (χ1v) is 11.6. The van der Waals surface area contributed by atoms with E-state index in [1.54, 1.807) is 7.11 Å². The van der Waals surface area contributed by atoms with E-state index in [1.807, 2.05) is 72.3 Å². The summed E-state index contributed by atoms with van der Waals surface area (Å²) in [5.41, 5.74) is 2.86. The van der Waals surface area contributed by atoms with Gasteiger partial charge in [0.25, 0.3) is 0 Å². The van der Waals surface area contributed by atoms with Gasteiger partial charge in [-0.2, -0.15) is 5.10 Å². The van der Waals surface area contributed by atoms with Crippen molar-refractivity contribution in [1.82, 2.24) is 14.7 Å². The lowest BCUT2D eigenvalue weighted by atomic mass is 10.1. The van der Waals surface area contributed by atoms with Crippen molar-refractivity contribution in [3.63, 3.8) is 0 Å². The number of rotatable bonds is 12. The molecule has 0 radical (unpaired) electrons. The monoisotopic (exact) mass is 447 g/mol. The maximum Gasteiger partial charge on any atom is 0.227 e. The molecular weight excluding hydrogens is 414 g/mol. The molecule has 1 heterocycles. The topological polar surface area (TPSA) is 59.8 Å². The van der Waals surface area contributed by atoms with Gasteiger partial charge >= 0.3 is 0 Å². The maximum atomic E-state index is 10.6. The van der Waals surface area contributed by atoms with Gasteiger partial charge in [-0.3, -0.25) is 4.90 Å². The largest absolute Gasteiger partial charge is 0.493 e. The highest BCUT2D eigenvalue weighted by molar-refractivity contribution is 5.47. The third-order valence-electron chi connectivity index (χ3n) is 5.99. The zero-order chi connectivity index (χ0) is 23.2. The molecule has 1 atom stereocenters. The fraction of sp³-hybridized carbons (Fsp3) is 0.370. The number of aliphatic hydroxyl groups excluding tert-OH is 1. The van der Waals surface area contributed by atoms with E-state index in [0.29, 0.717) is 36.5 Å². The first kappa shape index (κ1) is 23.1. The van der Waals surface area contributed by atoms with E-state index in [-0.39, 0.29) is 6.10 Å². The molecule has 174 valence electrons. The zero-order valence-corrected chi connectivity index (χ0v) is 19.5. The predicted octanol–water partition coefficient (Wildman–Crippen LogP) is 5.27. The number of ether oxygens (including phenoxy) is 2. The molecule has 1 aliphatic rings. The Morgan fingerprint density at radius 1 is 1.15 bits per heavy atom. The van der Waals surface area contributed by atoms with E-state index in [9.17, 15) is 5.11 Å². The van der Waals surface area contributed by atoms with Gasteiger partial charge in [0.2, 0.25) is 5.88 Å². The van der Waals surface area contributed by atoms with E-state index in [0.717, 1.165) is 42.6 Å². The summed E-state index contributed by atoms with van der Waals surface area (Å²) in [4.78, 5) is 2.36. The van der Waals surface area contributed by atoms with Crippen LogP contribution in [0, 0.1) is 6.92 Å². The van der Waals surface area contributed by atoms with Crippen molar-refractivity contribution in [2.45, 2.75) is 51.3 Å². The van der Waals surface area contributed by atoms with Gasteiger partial charge in [-0.25, -0.2) is 4.68 Å². The Hall–Kier alpha value is -3.09. The smallest absolute Gasteiger partial charge is 0.227 e. The quantitative estimate of drug-likeness (QED) is 0.383. The van der Waals surface area contributed by atoms with Gasteiger partial charge in [0.15, 0.2) is 11.5 Å². The lowest BCUT2D eigenvalue weighted by Gasteiger charge is -2.25. The number of hydrogen-bond donors (Lipinski definition) is 1. The summed E-state index contributed by atoms with van der Waals surface area (Å²) in [6, 6.07) is 18.1. The molecule has 0 amide bonds. The van der Waals surface area contributed by atoms with Crippen molar-refractivity contribution in [2.75, 3.05) is 13.7 Å². The number of hydrogen-bond acceptors (Lipinski definition) is 5. The highest BCUT2D eigenvalue weighted by atomic mass is 16.5. The summed E-state index contributed by atoms with van der Waals surface area (Å²) in [5.74, 6) is 1.98. The Morgan fingerprint density at radius 2 is 1.85 bits per heavy atom. The van der Waals surface area contributed by atoms with Crippen molar-refractivity contribution in [2.24, 2.45) is 0 Å². The van der Waals surface area contributed by atoms with E-state index < -0.39 is 0 Å². The second kappa shape index (κ2) is 10.7. The fourth-order valence-electron chi connectivity index (χ4n) is 4.03. The van der Waals surface area contributed by atoms with Crippen LogP contribution in [0.2, 0.25) is 0 Å². The molecule has 1 aromatic heterocycles. The average molecular weight is 448 g/mol. The molecule has 4 rings (SSSR count). The molecule has 3 aromatic rings. The van der Waals surface area contributed by atoms with Gasteiger partial charge < -0.3 is 14.6 Å². The van der Waals surface area contributed by atoms with E-state index in [4.69, 9.17) is 14.6 Å². The van der Waals surface area contributed by atoms with Crippen molar-refractivity contribution in [3.05, 3.63) is 78.5 Å². The lowest BCUT2D eigenvalue weighted by molar-refractivity contribution is 0.0974. The summed E-state index contributed by atoms with van der Waals surface area (Å²) in [6.07, 6.45) is 5.32. The maximum absolute atomic E-state index is 10.6.